The number of non-ortho nitro benzene ring substituents is 2. The molecule has 0 radical (unpaired) electrons. The Hall–Kier alpha value is -4.28. The molecule has 3 aromatic carbocycles. The number of nitro benzene ring substituents is 2. The summed E-state index contributed by atoms with van der Waals surface area (Å²) in [5.74, 6) is -0.506. The van der Waals surface area contributed by atoms with Crippen LogP contribution in [0, 0.1) is 27.2 Å². The molecular weight excluding hydrogens is 644 g/mol. The number of amidine groups is 1. The Morgan fingerprint density at radius 2 is 1.71 bits per heavy atom. The fourth-order valence-corrected chi connectivity index (χ4v) is 5.97. The molecule has 0 aliphatic carbocycles. The number of hydrogen-bond acceptors (Lipinski definition) is 11. The van der Waals surface area contributed by atoms with Crippen LogP contribution in [-0.4, -0.2) is 35.9 Å². The van der Waals surface area contributed by atoms with E-state index in [1.54, 1.807) is 19.9 Å². The smallest absolute Gasteiger partial charge is 0.339 e. The van der Waals surface area contributed by atoms with Crippen molar-refractivity contribution >= 4 is 72.0 Å². The summed E-state index contributed by atoms with van der Waals surface area (Å²) in [4.78, 5) is 37.7. The van der Waals surface area contributed by atoms with Gasteiger partial charge in [-0.05, 0) is 89.1 Å². The first-order valence-electron chi connectivity index (χ1n) is 11.6. The summed E-state index contributed by atoms with van der Waals surface area (Å²) in [6.07, 6.45) is 1.55. The molecule has 3 aromatic rings. The van der Waals surface area contributed by atoms with Crippen LogP contribution >= 0.6 is 27.7 Å². The molecule has 1 saturated heterocycles. The Morgan fingerprint density at radius 1 is 1.05 bits per heavy atom. The molecule has 1 fully saturated rings. The van der Waals surface area contributed by atoms with E-state index in [4.69, 9.17) is 8.92 Å². The van der Waals surface area contributed by atoms with Gasteiger partial charge in [0, 0.05) is 24.3 Å². The molecule has 4 rings (SSSR count). The van der Waals surface area contributed by atoms with Gasteiger partial charge in [-0.2, -0.15) is 8.42 Å². The molecule has 212 valence electrons. The van der Waals surface area contributed by atoms with Gasteiger partial charge in [-0.15, -0.1) is 0 Å². The number of nitrogens with one attached hydrogen (secondary N) is 1. The molecule has 0 bridgehead atoms. The van der Waals surface area contributed by atoms with Crippen LogP contribution in [0.2, 0.25) is 0 Å². The molecule has 1 N–H and O–H groups in total. The maximum Gasteiger partial charge on any atom is 0.339 e. The Kier molecular flexibility index (Phi) is 8.74. The Labute approximate surface area is 245 Å². The van der Waals surface area contributed by atoms with Crippen LogP contribution < -0.4 is 14.2 Å². The first-order chi connectivity index (χ1) is 19.4. The van der Waals surface area contributed by atoms with Gasteiger partial charge in [0.1, 0.15) is 4.90 Å². The second kappa shape index (κ2) is 12.1. The minimum Gasteiger partial charge on any atom is -0.490 e. The van der Waals surface area contributed by atoms with Gasteiger partial charge in [0.2, 0.25) is 0 Å². The highest BCUT2D eigenvalue weighted by Gasteiger charge is 2.26. The molecular formula is C25H19BrN4O9S2. The van der Waals surface area contributed by atoms with Gasteiger partial charge < -0.3 is 14.2 Å². The lowest BCUT2D eigenvalue weighted by Gasteiger charge is -2.14. The number of carbonyl (C=O) groups excluding carboxylic acids is 1. The van der Waals surface area contributed by atoms with Gasteiger partial charge in [0.05, 0.1) is 31.5 Å². The number of benzene rings is 3. The Bertz CT molecular complexity index is 1740. The van der Waals surface area contributed by atoms with E-state index in [1.165, 1.54) is 30.3 Å². The van der Waals surface area contributed by atoms with Crippen molar-refractivity contribution in [2.24, 2.45) is 4.99 Å². The number of aryl methyl sites for hydroxylation is 1. The SMILES string of the molecule is CCOc1cc(/C=C2/SC(=Nc3ccc([N+](=O)[O-])cc3C)NC2=O)cc(Br)c1OS(=O)(=O)c1ccc([N+](=O)[O-])cc1. The topological polar surface area (TPSA) is 180 Å². The van der Waals surface area contributed by atoms with Crippen molar-refractivity contribution in [1.29, 1.82) is 0 Å². The summed E-state index contributed by atoms with van der Waals surface area (Å²) in [5.41, 5.74) is 1.15. The molecule has 0 spiro atoms. The molecule has 41 heavy (non-hydrogen) atoms. The molecule has 0 unspecified atom stereocenters. The molecule has 0 atom stereocenters. The summed E-state index contributed by atoms with van der Waals surface area (Å²) < 4.78 is 36.9. The van der Waals surface area contributed by atoms with Crippen LogP contribution in [0.1, 0.15) is 18.1 Å². The van der Waals surface area contributed by atoms with Crippen molar-refractivity contribution in [2.75, 3.05) is 6.61 Å². The molecule has 16 heteroatoms. The summed E-state index contributed by atoms with van der Waals surface area (Å²) in [7, 11) is -4.38. The van der Waals surface area contributed by atoms with Crippen molar-refractivity contribution in [2.45, 2.75) is 18.7 Å². The summed E-state index contributed by atoms with van der Waals surface area (Å²) in [6, 6.07) is 11.4. The second-order valence-electron chi connectivity index (χ2n) is 8.26. The number of ether oxygens (including phenoxy) is 1. The van der Waals surface area contributed by atoms with E-state index in [0.717, 1.165) is 36.0 Å². The number of aliphatic imine (C=N–C) groups is 1. The van der Waals surface area contributed by atoms with Crippen molar-refractivity contribution < 1.29 is 32.0 Å². The predicted octanol–water partition coefficient (Wildman–Crippen LogP) is 5.63. The first-order valence-corrected chi connectivity index (χ1v) is 14.6. The van der Waals surface area contributed by atoms with E-state index in [2.05, 4.69) is 26.2 Å². The van der Waals surface area contributed by atoms with E-state index in [-0.39, 0.29) is 48.9 Å². The number of thioether (sulfide) groups is 1. The molecule has 1 aliphatic heterocycles. The van der Waals surface area contributed by atoms with E-state index in [9.17, 15) is 33.4 Å². The molecule has 0 aromatic heterocycles. The number of amides is 1. The summed E-state index contributed by atoms with van der Waals surface area (Å²) >= 11 is 4.35. The van der Waals surface area contributed by atoms with Crippen molar-refractivity contribution in [3.8, 4) is 11.5 Å². The van der Waals surface area contributed by atoms with Crippen molar-refractivity contribution in [1.82, 2.24) is 5.32 Å². The third kappa shape index (κ3) is 6.90. The van der Waals surface area contributed by atoms with Crippen LogP contribution in [-0.2, 0) is 14.9 Å². The van der Waals surface area contributed by atoms with E-state index in [1.807, 2.05) is 0 Å². The van der Waals surface area contributed by atoms with Gasteiger partial charge in [0.15, 0.2) is 16.7 Å². The highest BCUT2D eigenvalue weighted by molar-refractivity contribution is 9.10. The van der Waals surface area contributed by atoms with Gasteiger partial charge in [-0.3, -0.25) is 25.0 Å². The number of halogens is 1. The number of hydrogen-bond donors (Lipinski definition) is 1. The summed E-state index contributed by atoms with van der Waals surface area (Å²) in [6.45, 7) is 3.53. The fraction of sp³-hybridized carbons (Fsp3) is 0.120. The van der Waals surface area contributed by atoms with Gasteiger partial charge in [-0.25, -0.2) is 4.99 Å². The average Bonchev–Trinajstić information content (AvgIpc) is 3.25. The van der Waals surface area contributed by atoms with Crippen molar-refractivity contribution in [3.63, 3.8) is 0 Å². The Morgan fingerprint density at radius 3 is 2.32 bits per heavy atom. The lowest BCUT2D eigenvalue weighted by Crippen LogP contribution is -2.19. The zero-order valence-corrected chi connectivity index (χ0v) is 24.4. The Balaban J connectivity index is 1.61. The van der Waals surface area contributed by atoms with Gasteiger partial charge >= 0.3 is 10.1 Å². The maximum atomic E-state index is 12.9. The van der Waals surface area contributed by atoms with Crippen molar-refractivity contribution in [3.05, 3.63) is 95.3 Å². The first kappa shape index (κ1) is 29.7. The lowest BCUT2D eigenvalue weighted by molar-refractivity contribution is -0.385. The standard InChI is InChI=1S/C25H19BrN4O9S2/c1-3-38-21-12-15(11-19(26)23(21)39-41(36,37)18-7-4-16(5-8-18)29(32)33)13-22-24(31)28-25(40-22)27-20-9-6-17(30(34)35)10-14(20)2/h4-13H,3H2,1-2H3,(H,27,28,31)/b22-13+. The van der Waals surface area contributed by atoms with Crippen LogP contribution in [0.4, 0.5) is 17.1 Å². The highest BCUT2D eigenvalue weighted by Crippen LogP contribution is 2.40. The monoisotopic (exact) mass is 662 g/mol. The van der Waals surface area contributed by atoms with Gasteiger partial charge in [-0.1, -0.05) is 0 Å². The minimum atomic E-state index is -4.38. The minimum absolute atomic E-state index is 0.0676. The molecule has 1 aliphatic rings. The second-order valence-corrected chi connectivity index (χ2v) is 11.7. The molecule has 1 heterocycles. The van der Waals surface area contributed by atoms with E-state index >= 15 is 0 Å². The molecule has 0 saturated carbocycles. The van der Waals surface area contributed by atoms with Crippen LogP contribution in [0.15, 0.2) is 73.9 Å². The van der Waals surface area contributed by atoms with Gasteiger partial charge in [0.25, 0.3) is 17.3 Å². The van der Waals surface area contributed by atoms with E-state index in [0.29, 0.717) is 16.8 Å². The quantitative estimate of drug-likeness (QED) is 0.130. The molecule has 1 amide bonds. The third-order valence-corrected chi connectivity index (χ3v) is 8.16. The number of carbonyl (C=O) groups is 1. The predicted molar refractivity (Wildman–Crippen MR) is 155 cm³/mol. The van der Waals surface area contributed by atoms with E-state index < -0.39 is 25.9 Å². The fourth-order valence-electron chi connectivity index (χ4n) is 3.53. The lowest BCUT2D eigenvalue weighted by atomic mass is 10.2. The van der Waals surface area contributed by atoms with Crippen LogP contribution in [0.5, 0.6) is 11.5 Å². The zero-order valence-electron chi connectivity index (χ0n) is 21.2. The number of nitro groups is 2. The maximum absolute atomic E-state index is 12.9. The average molecular weight is 663 g/mol. The largest absolute Gasteiger partial charge is 0.490 e. The highest BCUT2D eigenvalue weighted by atomic mass is 79.9. The number of nitrogens with zero attached hydrogens (tertiary/aromatic N) is 3. The van der Waals surface area contributed by atoms with Crippen LogP contribution in [0.3, 0.4) is 0 Å². The normalized spacial score (nSPS) is 15.1. The van der Waals surface area contributed by atoms with Crippen LogP contribution in [0.25, 0.3) is 6.08 Å². The zero-order chi connectivity index (χ0) is 29.9. The third-order valence-electron chi connectivity index (χ3n) is 5.42. The molecule has 13 nitrogen and oxygen atoms in total. The summed E-state index contributed by atoms with van der Waals surface area (Å²) in [5, 5.41) is 24.8. The number of rotatable bonds is 9.